The van der Waals surface area contributed by atoms with E-state index in [0.29, 0.717) is 42.5 Å². The molecule has 3 amide bonds. The van der Waals surface area contributed by atoms with Crippen molar-refractivity contribution in [3.8, 4) is 17.3 Å². The number of halogens is 4. The van der Waals surface area contributed by atoms with Crippen molar-refractivity contribution in [2.24, 2.45) is 11.8 Å². The maximum absolute atomic E-state index is 14.7. The number of fused-ring (bicyclic) bond motifs is 1. The first-order chi connectivity index (χ1) is 28.4. The molecule has 21 heteroatoms. The summed E-state index contributed by atoms with van der Waals surface area (Å²) in [6.07, 6.45) is 0.662. The second-order valence-corrected chi connectivity index (χ2v) is 18.7. The van der Waals surface area contributed by atoms with Crippen molar-refractivity contribution in [1.82, 2.24) is 44.2 Å². The van der Waals surface area contributed by atoms with Gasteiger partial charge >= 0.3 is 24.2 Å². The second kappa shape index (κ2) is 18.7. The van der Waals surface area contributed by atoms with E-state index in [2.05, 4.69) is 24.9 Å². The molecule has 4 unspecified atom stereocenters. The van der Waals surface area contributed by atoms with E-state index >= 15 is 0 Å². The monoisotopic (exact) mass is 883 g/mol. The molecule has 0 spiro atoms. The summed E-state index contributed by atoms with van der Waals surface area (Å²) in [6, 6.07) is 0. The van der Waals surface area contributed by atoms with Crippen LogP contribution in [-0.4, -0.2) is 148 Å². The van der Waals surface area contributed by atoms with Gasteiger partial charge in [0.2, 0.25) is 5.88 Å². The van der Waals surface area contributed by atoms with E-state index < -0.39 is 72.1 Å². The number of hydrogen-bond donors (Lipinski definition) is 1. The zero-order chi connectivity index (χ0) is 46.7. The normalized spacial score (nSPS) is 22.1. The number of rotatable bonds is 4. The van der Waals surface area contributed by atoms with Crippen molar-refractivity contribution in [3.63, 3.8) is 0 Å². The molecule has 3 aromatic heterocycles. The fraction of sp³-hybridized carbons (Fsp3) is 0.707. The lowest BCUT2D eigenvalue weighted by Crippen LogP contribution is -2.37. The number of alkyl halides is 4. The number of nitrogens with zero attached hydrogens (tertiary/aromatic N) is 9. The minimum Gasteiger partial charge on any atom is -0.464 e. The predicted molar refractivity (Wildman–Crippen MR) is 219 cm³/mol. The molecule has 62 heavy (non-hydrogen) atoms. The molecule has 6 heterocycles. The molecule has 3 aromatic rings. The molecule has 0 saturated carbocycles. The van der Waals surface area contributed by atoms with Gasteiger partial charge in [-0.1, -0.05) is 13.8 Å². The lowest BCUT2D eigenvalue weighted by molar-refractivity contribution is -0.0633. The van der Waals surface area contributed by atoms with Crippen LogP contribution in [0.15, 0.2) is 18.7 Å². The Morgan fingerprint density at radius 2 is 1.24 bits per heavy atom. The predicted octanol–water partition coefficient (Wildman–Crippen LogP) is 6.99. The first-order valence-electron chi connectivity index (χ1n) is 20.4. The van der Waals surface area contributed by atoms with Gasteiger partial charge in [0.25, 0.3) is 5.92 Å². The average Bonchev–Trinajstić information content (AvgIpc) is 3.84. The van der Waals surface area contributed by atoms with Gasteiger partial charge in [-0.3, -0.25) is 4.90 Å². The summed E-state index contributed by atoms with van der Waals surface area (Å²) in [4.78, 5) is 60.1. The van der Waals surface area contributed by atoms with E-state index in [4.69, 9.17) is 18.9 Å². The van der Waals surface area contributed by atoms with Gasteiger partial charge in [0.05, 0.1) is 37.8 Å². The highest BCUT2D eigenvalue weighted by molar-refractivity contribution is 5.81. The lowest BCUT2D eigenvalue weighted by Gasteiger charge is -2.24. The van der Waals surface area contributed by atoms with Crippen LogP contribution in [0.4, 0.5) is 31.9 Å². The van der Waals surface area contributed by atoms with E-state index in [0.717, 1.165) is 9.80 Å². The molecule has 4 atom stereocenters. The number of likely N-dealkylation sites (tertiary alicyclic amines) is 3. The van der Waals surface area contributed by atoms with Gasteiger partial charge in [-0.15, -0.1) is 0 Å². The maximum atomic E-state index is 14.7. The fourth-order valence-corrected chi connectivity index (χ4v) is 6.34. The summed E-state index contributed by atoms with van der Waals surface area (Å²) in [7, 11) is 0. The number of aliphatic hydroxyl groups excluding tert-OH is 1. The van der Waals surface area contributed by atoms with Crippen LogP contribution in [0, 0.1) is 18.8 Å². The van der Waals surface area contributed by atoms with Gasteiger partial charge in [0.1, 0.15) is 34.8 Å². The molecule has 0 aliphatic carbocycles. The number of amides is 3. The molecule has 17 nitrogen and oxygen atoms in total. The summed E-state index contributed by atoms with van der Waals surface area (Å²) < 4.78 is 78.6. The molecule has 3 fully saturated rings. The van der Waals surface area contributed by atoms with Gasteiger partial charge in [-0.05, 0) is 76.2 Å². The number of carbonyl (C=O) groups is 3. The minimum absolute atomic E-state index is 0.0575. The zero-order valence-corrected chi connectivity index (χ0v) is 37.8. The molecule has 1 N–H and O–H groups in total. The Morgan fingerprint density at radius 1 is 0.742 bits per heavy atom. The molecular weight excluding hydrogens is 822 g/mol. The summed E-state index contributed by atoms with van der Waals surface area (Å²) in [5, 5.41) is 9.47. The molecular formula is C41H61F4N9O8. The Labute approximate surface area is 359 Å². The van der Waals surface area contributed by atoms with Crippen molar-refractivity contribution in [2.75, 3.05) is 39.3 Å². The van der Waals surface area contributed by atoms with E-state index in [9.17, 15) is 37.1 Å². The smallest absolute Gasteiger partial charge is 0.410 e. The molecule has 0 bridgehead atoms. The summed E-state index contributed by atoms with van der Waals surface area (Å²) in [5.74, 6) is -5.71. The standard InChI is InChI=1S/C21H25F2N7O3.C10H17F2NO2.C10H19NO3/c1-6-30-16(13-7-24-12(2)25-8-13)28-15-17(30)26-11-27-18(15)32-14-9-29(10-21(14,22)23)19(31)33-20(3,4)5;1-7-5-13(6-10(7,11)12)8(14)15-9(2,3)4;1-7-5-11(6-8(7)12)9(13)14-10(2,3)4/h7-8,11,14H,6,9-10H2,1-5H3;7H,5-6H2,1-4H3;7-8,12H,5-6H2,1-4H3. The van der Waals surface area contributed by atoms with E-state index in [-0.39, 0.29) is 36.5 Å². The molecule has 0 radical (unpaired) electrons. The highest BCUT2D eigenvalue weighted by Crippen LogP contribution is 2.35. The average molecular weight is 884 g/mol. The Morgan fingerprint density at radius 3 is 1.69 bits per heavy atom. The molecule has 0 aromatic carbocycles. The lowest BCUT2D eigenvalue weighted by atomic mass is 10.1. The highest BCUT2D eigenvalue weighted by Gasteiger charge is 2.53. The van der Waals surface area contributed by atoms with Crippen molar-refractivity contribution in [2.45, 2.75) is 137 Å². The van der Waals surface area contributed by atoms with Crippen LogP contribution < -0.4 is 4.74 Å². The minimum atomic E-state index is -3.30. The SMILES string of the molecule is CC1CN(C(=O)OC(C)(C)C)CC1(F)F.CC1CN(C(=O)OC(C)(C)C)CC1O.CCn1c(-c2cnc(C)nc2)nc2c(OC3CN(C(=O)OC(C)(C)C)CC3(F)F)ncnc21. The van der Waals surface area contributed by atoms with Crippen LogP contribution in [0.2, 0.25) is 0 Å². The Balaban J connectivity index is 0.000000241. The number of aliphatic hydroxyl groups is 1. The van der Waals surface area contributed by atoms with Gasteiger partial charge in [-0.25, -0.2) is 51.9 Å². The van der Waals surface area contributed by atoms with Gasteiger partial charge in [-0.2, -0.15) is 4.98 Å². The van der Waals surface area contributed by atoms with E-state index in [1.165, 1.54) is 13.3 Å². The molecule has 3 aliphatic heterocycles. The van der Waals surface area contributed by atoms with Crippen LogP contribution in [0.25, 0.3) is 22.6 Å². The second-order valence-electron chi connectivity index (χ2n) is 18.7. The number of hydrogen-bond acceptors (Lipinski definition) is 13. The largest absolute Gasteiger partial charge is 0.464 e. The molecule has 6 rings (SSSR count). The molecule has 3 aliphatic rings. The van der Waals surface area contributed by atoms with Crippen molar-refractivity contribution in [1.29, 1.82) is 0 Å². The Hall–Kier alpha value is -5.08. The first-order valence-corrected chi connectivity index (χ1v) is 20.4. The number of ether oxygens (including phenoxy) is 4. The van der Waals surface area contributed by atoms with Crippen molar-refractivity contribution in [3.05, 3.63) is 24.5 Å². The van der Waals surface area contributed by atoms with Crippen LogP contribution in [0.3, 0.4) is 0 Å². The van der Waals surface area contributed by atoms with E-state index in [1.807, 2.05) is 34.6 Å². The number of β-amino-alcohol motifs (C(OH)–C–C–N with tert-alkyl or cyclic N) is 1. The van der Waals surface area contributed by atoms with Gasteiger partial charge < -0.3 is 38.4 Å². The third-order valence-corrected chi connectivity index (χ3v) is 9.51. The topological polar surface area (TPSA) is 187 Å². The highest BCUT2D eigenvalue weighted by atomic mass is 19.3. The third kappa shape index (κ3) is 13.2. The van der Waals surface area contributed by atoms with Gasteiger partial charge in [0.15, 0.2) is 17.3 Å². The summed E-state index contributed by atoms with van der Waals surface area (Å²) in [6.45, 7) is 22.5. The van der Waals surface area contributed by atoms with Crippen molar-refractivity contribution >= 4 is 29.4 Å². The number of carbonyl (C=O) groups excluding carboxylic acids is 3. The quantitative estimate of drug-likeness (QED) is 0.209. The van der Waals surface area contributed by atoms with Crippen LogP contribution >= 0.6 is 0 Å². The first kappa shape index (κ1) is 49.6. The van der Waals surface area contributed by atoms with Crippen LogP contribution in [0.1, 0.15) is 88.9 Å². The maximum Gasteiger partial charge on any atom is 0.410 e. The summed E-state index contributed by atoms with van der Waals surface area (Å²) in [5.41, 5.74) is -0.585. The number of aromatic nitrogens is 6. The van der Waals surface area contributed by atoms with Crippen LogP contribution in [-0.2, 0) is 20.8 Å². The van der Waals surface area contributed by atoms with Gasteiger partial charge in [0, 0.05) is 43.9 Å². The van der Waals surface area contributed by atoms with E-state index in [1.54, 1.807) is 70.3 Å². The fourth-order valence-electron chi connectivity index (χ4n) is 6.34. The van der Waals surface area contributed by atoms with Crippen molar-refractivity contribution < 1.29 is 56.0 Å². The number of aryl methyl sites for hydroxylation is 2. The Bertz CT molecular complexity index is 2020. The van der Waals surface area contributed by atoms with Crippen LogP contribution in [0.5, 0.6) is 5.88 Å². The number of imidazole rings is 1. The summed E-state index contributed by atoms with van der Waals surface area (Å²) >= 11 is 0. The molecule has 346 valence electrons. The Kier molecular flexibility index (Phi) is 15.0. The zero-order valence-electron chi connectivity index (χ0n) is 37.8. The molecule has 3 saturated heterocycles. The third-order valence-electron chi connectivity index (χ3n) is 9.51.